The molecule has 0 saturated heterocycles. The van der Waals surface area contributed by atoms with Crippen molar-refractivity contribution in [1.29, 1.82) is 0 Å². The van der Waals surface area contributed by atoms with E-state index in [4.69, 9.17) is 0 Å². The van der Waals surface area contributed by atoms with Gasteiger partial charge in [-0.3, -0.25) is 4.99 Å². The second-order valence-corrected chi connectivity index (χ2v) is 4.72. The molecule has 80 valence electrons. The van der Waals surface area contributed by atoms with Crippen molar-refractivity contribution in [2.24, 2.45) is 4.99 Å². The first-order valence-electron chi connectivity index (χ1n) is 5.37. The highest BCUT2D eigenvalue weighted by Crippen LogP contribution is 2.28. The van der Waals surface area contributed by atoms with Gasteiger partial charge in [0.25, 0.3) is 0 Å². The number of benzene rings is 2. The molecule has 0 aliphatic carbocycles. The van der Waals surface area contributed by atoms with E-state index in [1.807, 2.05) is 0 Å². The second kappa shape index (κ2) is 4.18. The lowest BCUT2D eigenvalue weighted by Gasteiger charge is -2.05. The van der Waals surface area contributed by atoms with E-state index >= 15 is 0 Å². The molecule has 0 atom stereocenters. The minimum atomic E-state index is 0.896. The SMILES string of the molecule is c1ccc2c(SC3=NCCN3)cccc2c1. The van der Waals surface area contributed by atoms with Gasteiger partial charge in [0.15, 0.2) is 5.17 Å². The van der Waals surface area contributed by atoms with E-state index in [1.54, 1.807) is 11.8 Å². The van der Waals surface area contributed by atoms with Crippen molar-refractivity contribution in [1.82, 2.24) is 5.32 Å². The van der Waals surface area contributed by atoms with E-state index in [-0.39, 0.29) is 0 Å². The quantitative estimate of drug-likeness (QED) is 0.811. The Morgan fingerprint density at radius 2 is 1.94 bits per heavy atom. The highest BCUT2D eigenvalue weighted by Gasteiger charge is 2.08. The van der Waals surface area contributed by atoms with Gasteiger partial charge < -0.3 is 5.32 Å². The van der Waals surface area contributed by atoms with Crippen LogP contribution in [0.4, 0.5) is 0 Å². The Morgan fingerprint density at radius 1 is 1.06 bits per heavy atom. The van der Waals surface area contributed by atoms with Gasteiger partial charge in [-0.1, -0.05) is 48.2 Å². The summed E-state index contributed by atoms with van der Waals surface area (Å²) in [5.41, 5.74) is 0. The number of nitrogens with zero attached hydrogens (tertiary/aromatic N) is 1. The van der Waals surface area contributed by atoms with Crippen LogP contribution in [-0.2, 0) is 0 Å². The number of thioether (sulfide) groups is 1. The van der Waals surface area contributed by atoms with Crippen LogP contribution in [0.25, 0.3) is 10.8 Å². The zero-order valence-electron chi connectivity index (χ0n) is 8.81. The van der Waals surface area contributed by atoms with Crippen LogP contribution in [0, 0.1) is 0 Å². The molecule has 0 fully saturated rings. The Kier molecular flexibility index (Phi) is 2.54. The zero-order chi connectivity index (χ0) is 10.8. The van der Waals surface area contributed by atoms with Gasteiger partial charge in [-0.15, -0.1) is 0 Å². The second-order valence-electron chi connectivity index (χ2n) is 3.69. The molecule has 2 aromatic rings. The lowest BCUT2D eigenvalue weighted by Crippen LogP contribution is -2.14. The van der Waals surface area contributed by atoms with Crippen molar-refractivity contribution in [2.75, 3.05) is 13.1 Å². The van der Waals surface area contributed by atoms with Crippen molar-refractivity contribution in [3.63, 3.8) is 0 Å². The molecule has 16 heavy (non-hydrogen) atoms. The summed E-state index contributed by atoms with van der Waals surface area (Å²) in [6.45, 7) is 1.86. The molecule has 0 unspecified atom stereocenters. The smallest absolute Gasteiger partial charge is 0.161 e. The molecule has 1 aliphatic heterocycles. The van der Waals surface area contributed by atoms with Crippen LogP contribution in [0.5, 0.6) is 0 Å². The fraction of sp³-hybridized carbons (Fsp3) is 0.154. The molecule has 1 N–H and O–H groups in total. The van der Waals surface area contributed by atoms with E-state index in [2.05, 4.69) is 52.8 Å². The minimum Gasteiger partial charge on any atom is -0.363 e. The minimum absolute atomic E-state index is 0.896. The average Bonchev–Trinajstić information content (AvgIpc) is 2.82. The number of aliphatic imine (C=N–C) groups is 1. The number of nitrogens with one attached hydrogen (secondary N) is 1. The molecule has 3 rings (SSSR count). The van der Waals surface area contributed by atoms with E-state index in [0.29, 0.717) is 0 Å². The first-order chi connectivity index (χ1) is 7.93. The van der Waals surface area contributed by atoms with Gasteiger partial charge >= 0.3 is 0 Å². The summed E-state index contributed by atoms with van der Waals surface area (Å²) < 4.78 is 0. The van der Waals surface area contributed by atoms with Gasteiger partial charge in [0.05, 0.1) is 6.54 Å². The normalized spacial score (nSPS) is 14.9. The molecule has 1 heterocycles. The molecule has 0 saturated carbocycles. The maximum atomic E-state index is 4.41. The number of fused-ring (bicyclic) bond motifs is 1. The number of hydrogen-bond acceptors (Lipinski definition) is 3. The van der Waals surface area contributed by atoms with Crippen LogP contribution in [-0.4, -0.2) is 18.3 Å². The number of hydrogen-bond donors (Lipinski definition) is 1. The molecular formula is C13H12N2S. The van der Waals surface area contributed by atoms with Gasteiger partial charge in [0, 0.05) is 11.4 Å². The standard InChI is InChI=1S/C13H12N2S/c1-2-6-11-10(4-1)5-3-7-12(11)16-13-14-8-9-15-13/h1-7H,8-9H2,(H,14,15). The largest absolute Gasteiger partial charge is 0.363 e. The van der Waals surface area contributed by atoms with Crippen LogP contribution in [0.2, 0.25) is 0 Å². The Morgan fingerprint density at radius 3 is 2.81 bits per heavy atom. The monoisotopic (exact) mass is 228 g/mol. The molecule has 0 aromatic heterocycles. The lowest BCUT2D eigenvalue weighted by molar-refractivity contribution is 0.963. The zero-order valence-corrected chi connectivity index (χ0v) is 9.63. The van der Waals surface area contributed by atoms with E-state index < -0.39 is 0 Å². The first-order valence-corrected chi connectivity index (χ1v) is 6.19. The van der Waals surface area contributed by atoms with Gasteiger partial charge in [-0.2, -0.15) is 0 Å². The highest BCUT2D eigenvalue weighted by atomic mass is 32.2. The molecule has 0 spiro atoms. The Bertz CT molecular complexity index is 543. The maximum absolute atomic E-state index is 4.41. The van der Waals surface area contributed by atoms with Gasteiger partial charge in [-0.05, 0) is 16.8 Å². The van der Waals surface area contributed by atoms with Crippen LogP contribution in [0.1, 0.15) is 0 Å². The Balaban J connectivity index is 2.02. The van der Waals surface area contributed by atoms with Gasteiger partial charge in [-0.25, -0.2) is 0 Å². The Hall–Kier alpha value is -1.48. The molecule has 0 bridgehead atoms. The molecular weight excluding hydrogens is 216 g/mol. The molecule has 3 heteroatoms. The third-order valence-corrected chi connectivity index (χ3v) is 3.64. The highest BCUT2D eigenvalue weighted by molar-refractivity contribution is 8.14. The predicted molar refractivity (Wildman–Crippen MR) is 70.1 cm³/mol. The number of rotatable bonds is 1. The third kappa shape index (κ3) is 1.78. The summed E-state index contributed by atoms with van der Waals surface area (Å²) in [6, 6.07) is 14.8. The van der Waals surface area contributed by atoms with Crippen LogP contribution >= 0.6 is 11.8 Å². The van der Waals surface area contributed by atoms with E-state index in [0.717, 1.165) is 18.3 Å². The van der Waals surface area contributed by atoms with Crippen molar-refractivity contribution in [2.45, 2.75) is 4.90 Å². The molecule has 2 nitrogen and oxygen atoms in total. The fourth-order valence-corrected chi connectivity index (χ4v) is 2.81. The average molecular weight is 228 g/mol. The number of amidine groups is 1. The molecule has 1 aliphatic rings. The summed E-state index contributed by atoms with van der Waals surface area (Å²) in [6.07, 6.45) is 0. The summed E-state index contributed by atoms with van der Waals surface area (Å²) >= 11 is 1.72. The van der Waals surface area contributed by atoms with Crippen molar-refractivity contribution in [3.05, 3.63) is 42.5 Å². The first kappa shape index (κ1) is 9.73. The summed E-state index contributed by atoms with van der Waals surface area (Å²) in [7, 11) is 0. The maximum Gasteiger partial charge on any atom is 0.161 e. The van der Waals surface area contributed by atoms with Gasteiger partial charge in [0.1, 0.15) is 0 Å². The topological polar surface area (TPSA) is 24.4 Å². The predicted octanol–water partition coefficient (Wildman–Crippen LogP) is 2.89. The van der Waals surface area contributed by atoms with Crippen molar-refractivity contribution >= 4 is 27.7 Å². The molecule has 0 amide bonds. The van der Waals surface area contributed by atoms with Crippen molar-refractivity contribution < 1.29 is 0 Å². The summed E-state index contributed by atoms with van der Waals surface area (Å²) in [4.78, 5) is 5.68. The summed E-state index contributed by atoms with van der Waals surface area (Å²) in [5.74, 6) is 0. The van der Waals surface area contributed by atoms with Crippen LogP contribution < -0.4 is 5.32 Å². The lowest BCUT2D eigenvalue weighted by atomic mass is 10.1. The van der Waals surface area contributed by atoms with Gasteiger partial charge in [0.2, 0.25) is 0 Å². The fourth-order valence-electron chi connectivity index (χ4n) is 1.83. The third-order valence-electron chi connectivity index (χ3n) is 2.60. The van der Waals surface area contributed by atoms with Crippen LogP contribution in [0.15, 0.2) is 52.4 Å². The van der Waals surface area contributed by atoms with E-state index in [9.17, 15) is 0 Å². The van der Waals surface area contributed by atoms with Crippen molar-refractivity contribution in [3.8, 4) is 0 Å². The molecule has 0 radical (unpaired) electrons. The van der Waals surface area contributed by atoms with E-state index in [1.165, 1.54) is 15.7 Å². The van der Waals surface area contributed by atoms with Crippen LogP contribution in [0.3, 0.4) is 0 Å². The summed E-state index contributed by atoms with van der Waals surface area (Å²) in [5, 5.41) is 6.90. The molecule has 2 aromatic carbocycles. The Labute approximate surface area is 98.8 Å².